The topological polar surface area (TPSA) is 18.5 Å². The van der Waals surface area contributed by atoms with Crippen LogP contribution in [0.4, 0.5) is 0 Å². The number of hydrogen-bond acceptors (Lipinski definition) is 3. The average molecular weight is 213 g/mol. The fourth-order valence-electron chi connectivity index (χ4n) is 2.32. The molecule has 1 N–H and O–H groups in total. The number of hydrogen-bond donors (Lipinski definition) is 1. The lowest BCUT2D eigenvalue weighted by Crippen LogP contribution is -2.40. The maximum absolute atomic E-state index is 3.39. The third-order valence-corrected chi connectivity index (χ3v) is 3.19. The minimum atomic E-state index is 0.926. The molecule has 0 atom stereocenters. The van der Waals surface area contributed by atoms with E-state index in [-0.39, 0.29) is 0 Å². The second-order valence-electron chi connectivity index (χ2n) is 4.90. The standard InChI is InChI=1S/C12H27N3/c1-4-13-7-10-15-8-5-12(6-9-15)11-14(2)3/h12-13H,4-11H2,1-3H3. The van der Waals surface area contributed by atoms with E-state index in [1.807, 2.05) is 0 Å². The Balaban J connectivity index is 2.07. The van der Waals surface area contributed by atoms with Crippen molar-refractivity contribution >= 4 is 0 Å². The highest BCUT2D eigenvalue weighted by Crippen LogP contribution is 2.16. The molecule has 0 spiro atoms. The van der Waals surface area contributed by atoms with Crippen molar-refractivity contribution < 1.29 is 0 Å². The summed E-state index contributed by atoms with van der Waals surface area (Å²) >= 11 is 0. The Bertz CT molecular complexity index is 151. The van der Waals surface area contributed by atoms with E-state index in [0.29, 0.717) is 0 Å². The molecule has 0 aromatic rings. The van der Waals surface area contributed by atoms with E-state index in [0.717, 1.165) is 19.0 Å². The molecular formula is C12H27N3. The molecule has 1 saturated heterocycles. The first kappa shape index (κ1) is 12.9. The summed E-state index contributed by atoms with van der Waals surface area (Å²) in [5.41, 5.74) is 0. The molecule has 1 aliphatic rings. The van der Waals surface area contributed by atoms with Gasteiger partial charge in [0.25, 0.3) is 0 Å². The van der Waals surface area contributed by atoms with Gasteiger partial charge in [0.1, 0.15) is 0 Å². The Morgan fingerprint density at radius 3 is 2.47 bits per heavy atom. The summed E-state index contributed by atoms with van der Waals surface area (Å²) in [6, 6.07) is 0. The molecule has 1 aliphatic heterocycles. The third-order valence-electron chi connectivity index (χ3n) is 3.19. The predicted octanol–water partition coefficient (Wildman–Crippen LogP) is 0.870. The molecule has 15 heavy (non-hydrogen) atoms. The highest BCUT2D eigenvalue weighted by molar-refractivity contribution is 4.74. The molecule has 0 amide bonds. The number of nitrogens with one attached hydrogen (secondary N) is 1. The van der Waals surface area contributed by atoms with Crippen LogP contribution in [0.3, 0.4) is 0 Å². The van der Waals surface area contributed by atoms with Gasteiger partial charge in [-0.15, -0.1) is 0 Å². The molecule has 0 bridgehead atoms. The van der Waals surface area contributed by atoms with Gasteiger partial charge in [-0.3, -0.25) is 0 Å². The van der Waals surface area contributed by atoms with Crippen LogP contribution in [0.5, 0.6) is 0 Å². The van der Waals surface area contributed by atoms with Crippen LogP contribution < -0.4 is 5.32 Å². The number of rotatable bonds is 6. The SMILES string of the molecule is CCNCCN1CCC(CN(C)C)CC1. The highest BCUT2D eigenvalue weighted by atomic mass is 15.1. The number of nitrogens with zero attached hydrogens (tertiary/aromatic N) is 2. The Hall–Kier alpha value is -0.120. The normalized spacial score (nSPS) is 20.0. The van der Waals surface area contributed by atoms with E-state index >= 15 is 0 Å². The molecule has 3 heteroatoms. The lowest BCUT2D eigenvalue weighted by molar-refractivity contribution is 0.163. The lowest BCUT2D eigenvalue weighted by atomic mass is 9.96. The maximum atomic E-state index is 3.39. The van der Waals surface area contributed by atoms with Crippen molar-refractivity contribution in [3.63, 3.8) is 0 Å². The van der Waals surface area contributed by atoms with E-state index in [9.17, 15) is 0 Å². The fourth-order valence-corrected chi connectivity index (χ4v) is 2.32. The highest BCUT2D eigenvalue weighted by Gasteiger charge is 2.18. The lowest BCUT2D eigenvalue weighted by Gasteiger charge is -2.33. The van der Waals surface area contributed by atoms with Crippen molar-refractivity contribution in [2.75, 3.05) is 53.4 Å². The molecule has 0 unspecified atom stereocenters. The number of likely N-dealkylation sites (tertiary alicyclic amines) is 1. The fraction of sp³-hybridized carbons (Fsp3) is 1.00. The smallest absolute Gasteiger partial charge is 0.0107 e. The molecule has 1 heterocycles. The Morgan fingerprint density at radius 2 is 1.93 bits per heavy atom. The van der Waals surface area contributed by atoms with Crippen LogP contribution in [-0.2, 0) is 0 Å². The van der Waals surface area contributed by atoms with Crippen LogP contribution in [0.1, 0.15) is 19.8 Å². The van der Waals surface area contributed by atoms with Gasteiger partial charge in [-0.1, -0.05) is 6.92 Å². The summed E-state index contributed by atoms with van der Waals surface area (Å²) in [4.78, 5) is 4.91. The first-order valence-electron chi connectivity index (χ1n) is 6.30. The van der Waals surface area contributed by atoms with Crippen molar-refractivity contribution in [3.8, 4) is 0 Å². The molecule has 0 radical (unpaired) electrons. The quantitative estimate of drug-likeness (QED) is 0.661. The zero-order chi connectivity index (χ0) is 11.1. The average Bonchev–Trinajstić information content (AvgIpc) is 2.20. The summed E-state index contributed by atoms with van der Waals surface area (Å²) in [6.45, 7) is 9.49. The second kappa shape index (κ2) is 7.20. The van der Waals surface area contributed by atoms with Crippen LogP contribution >= 0.6 is 0 Å². The maximum Gasteiger partial charge on any atom is 0.0107 e. The third kappa shape index (κ3) is 5.50. The van der Waals surface area contributed by atoms with Crippen LogP contribution in [0.15, 0.2) is 0 Å². The summed E-state index contributed by atoms with van der Waals surface area (Å²) in [7, 11) is 4.36. The minimum absolute atomic E-state index is 0.926. The van der Waals surface area contributed by atoms with Crippen LogP contribution in [0, 0.1) is 5.92 Å². The summed E-state index contributed by atoms with van der Waals surface area (Å²) in [6.07, 6.45) is 2.76. The van der Waals surface area contributed by atoms with Gasteiger partial charge in [0.15, 0.2) is 0 Å². The molecule has 1 fully saturated rings. The summed E-state index contributed by atoms with van der Waals surface area (Å²) < 4.78 is 0. The van der Waals surface area contributed by atoms with Gasteiger partial charge in [-0.25, -0.2) is 0 Å². The van der Waals surface area contributed by atoms with Gasteiger partial charge < -0.3 is 15.1 Å². The van der Waals surface area contributed by atoms with Gasteiger partial charge in [-0.05, 0) is 52.5 Å². The zero-order valence-corrected chi connectivity index (χ0v) is 10.6. The van der Waals surface area contributed by atoms with Crippen LogP contribution in [-0.4, -0.2) is 63.2 Å². The van der Waals surface area contributed by atoms with Gasteiger partial charge in [-0.2, -0.15) is 0 Å². The van der Waals surface area contributed by atoms with Crippen LogP contribution in [0.2, 0.25) is 0 Å². The molecule has 3 nitrogen and oxygen atoms in total. The van der Waals surface area contributed by atoms with E-state index in [1.165, 1.54) is 39.0 Å². The van der Waals surface area contributed by atoms with Gasteiger partial charge in [0, 0.05) is 19.6 Å². The number of likely N-dealkylation sites (N-methyl/N-ethyl adjacent to an activating group) is 1. The largest absolute Gasteiger partial charge is 0.316 e. The first-order valence-corrected chi connectivity index (χ1v) is 6.30. The van der Waals surface area contributed by atoms with E-state index in [1.54, 1.807) is 0 Å². The first-order chi connectivity index (χ1) is 7.22. The molecule has 0 saturated carbocycles. The van der Waals surface area contributed by atoms with E-state index in [2.05, 4.69) is 36.1 Å². The van der Waals surface area contributed by atoms with Gasteiger partial charge in [0.2, 0.25) is 0 Å². The minimum Gasteiger partial charge on any atom is -0.316 e. The number of piperidine rings is 1. The van der Waals surface area contributed by atoms with Crippen molar-refractivity contribution in [3.05, 3.63) is 0 Å². The van der Waals surface area contributed by atoms with Gasteiger partial charge in [0.05, 0.1) is 0 Å². The van der Waals surface area contributed by atoms with Crippen molar-refractivity contribution in [2.24, 2.45) is 5.92 Å². The second-order valence-corrected chi connectivity index (χ2v) is 4.90. The zero-order valence-electron chi connectivity index (χ0n) is 10.6. The molecule has 0 aromatic heterocycles. The van der Waals surface area contributed by atoms with Crippen molar-refractivity contribution in [2.45, 2.75) is 19.8 Å². The summed E-state index contributed by atoms with van der Waals surface area (Å²) in [5, 5.41) is 3.39. The Labute approximate surface area is 94.8 Å². The van der Waals surface area contributed by atoms with Crippen LogP contribution in [0.25, 0.3) is 0 Å². The van der Waals surface area contributed by atoms with E-state index < -0.39 is 0 Å². The molecule has 0 aliphatic carbocycles. The Kier molecular flexibility index (Phi) is 6.22. The molecule has 90 valence electrons. The molecular weight excluding hydrogens is 186 g/mol. The Morgan fingerprint density at radius 1 is 1.27 bits per heavy atom. The molecule has 0 aromatic carbocycles. The predicted molar refractivity (Wildman–Crippen MR) is 66.3 cm³/mol. The summed E-state index contributed by atoms with van der Waals surface area (Å²) in [5.74, 6) is 0.926. The van der Waals surface area contributed by atoms with Gasteiger partial charge >= 0.3 is 0 Å². The van der Waals surface area contributed by atoms with E-state index in [4.69, 9.17) is 0 Å². The molecule has 1 rings (SSSR count). The van der Waals surface area contributed by atoms with Crippen molar-refractivity contribution in [1.29, 1.82) is 0 Å². The van der Waals surface area contributed by atoms with Crippen molar-refractivity contribution in [1.82, 2.24) is 15.1 Å². The monoisotopic (exact) mass is 213 g/mol.